The molecule has 1 unspecified atom stereocenters. The van der Waals surface area contributed by atoms with Crippen molar-refractivity contribution in [2.75, 3.05) is 6.54 Å². The summed E-state index contributed by atoms with van der Waals surface area (Å²) < 4.78 is 0. The second kappa shape index (κ2) is 6.06. The van der Waals surface area contributed by atoms with Crippen LogP contribution in [0, 0.1) is 6.92 Å². The highest BCUT2D eigenvalue weighted by molar-refractivity contribution is 7.10. The summed E-state index contributed by atoms with van der Waals surface area (Å²) in [5.41, 5.74) is 1.33. The number of aromatic nitrogens is 4. The van der Waals surface area contributed by atoms with Crippen LogP contribution in [0.5, 0.6) is 0 Å². The summed E-state index contributed by atoms with van der Waals surface area (Å²) in [6.45, 7) is 5.32. The van der Waals surface area contributed by atoms with Crippen molar-refractivity contribution in [1.82, 2.24) is 25.5 Å². The molecule has 0 aliphatic carbocycles. The lowest BCUT2D eigenvalue weighted by atomic mass is 10.1. The molecule has 2 aromatic heterocycles. The summed E-state index contributed by atoms with van der Waals surface area (Å²) in [7, 11) is 1.79. The standard InChI is InChI=1S/C12H19N5S/c1-4-6-13-10(12-9(2)5-7-18-12)8-11-14-16-17(3)15-11/h5,7,10,13H,4,6,8H2,1-3H3. The van der Waals surface area contributed by atoms with Gasteiger partial charge in [-0.05, 0) is 42.1 Å². The molecule has 0 aromatic carbocycles. The van der Waals surface area contributed by atoms with E-state index in [-0.39, 0.29) is 6.04 Å². The normalized spacial score (nSPS) is 12.8. The summed E-state index contributed by atoms with van der Waals surface area (Å²) >= 11 is 1.79. The molecule has 2 heterocycles. The van der Waals surface area contributed by atoms with E-state index >= 15 is 0 Å². The highest BCUT2D eigenvalue weighted by Gasteiger charge is 2.17. The zero-order chi connectivity index (χ0) is 13.0. The third kappa shape index (κ3) is 3.14. The fraction of sp³-hybridized carbons (Fsp3) is 0.583. The van der Waals surface area contributed by atoms with Crippen molar-refractivity contribution in [3.63, 3.8) is 0 Å². The van der Waals surface area contributed by atoms with Crippen LogP contribution in [0.3, 0.4) is 0 Å². The Morgan fingerprint density at radius 2 is 2.33 bits per heavy atom. The van der Waals surface area contributed by atoms with Crippen LogP contribution in [0.4, 0.5) is 0 Å². The van der Waals surface area contributed by atoms with E-state index in [4.69, 9.17) is 0 Å². The predicted molar refractivity (Wildman–Crippen MR) is 72.6 cm³/mol. The third-order valence-electron chi connectivity index (χ3n) is 2.80. The number of aryl methyl sites for hydroxylation is 2. The molecule has 1 atom stereocenters. The van der Waals surface area contributed by atoms with Crippen LogP contribution in [0.2, 0.25) is 0 Å². The van der Waals surface area contributed by atoms with Crippen molar-refractivity contribution in [3.05, 3.63) is 27.7 Å². The summed E-state index contributed by atoms with van der Waals surface area (Å²) in [5.74, 6) is 0.791. The smallest absolute Gasteiger partial charge is 0.176 e. The Labute approximate surface area is 111 Å². The van der Waals surface area contributed by atoms with Gasteiger partial charge in [-0.25, -0.2) is 0 Å². The lowest BCUT2D eigenvalue weighted by molar-refractivity contribution is 0.522. The first kappa shape index (κ1) is 13.2. The summed E-state index contributed by atoms with van der Waals surface area (Å²) in [4.78, 5) is 2.88. The van der Waals surface area contributed by atoms with Crippen molar-refractivity contribution >= 4 is 11.3 Å². The first-order valence-electron chi connectivity index (χ1n) is 6.21. The second-order valence-electron chi connectivity index (χ2n) is 4.37. The Bertz CT molecular complexity index is 490. The van der Waals surface area contributed by atoms with Gasteiger partial charge in [-0.15, -0.1) is 21.5 Å². The first-order valence-corrected chi connectivity index (χ1v) is 7.09. The van der Waals surface area contributed by atoms with Gasteiger partial charge in [-0.1, -0.05) is 6.92 Å². The molecule has 0 saturated heterocycles. The molecular weight excluding hydrogens is 246 g/mol. The highest BCUT2D eigenvalue weighted by Crippen LogP contribution is 2.25. The molecule has 0 radical (unpaired) electrons. The lowest BCUT2D eigenvalue weighted by Crippen LogP contribution is -2.24. The summed E-state index contributed by atoms with van der Waals surface area (Å²) in [6, 6.07) is 2.44. The zero-order valence-electron chi connectivity index (χ0n) is 11.1. The molecule has 0 bridgehead atoms. The van der Waals surface area contributed by atoms with Crippen LogP contribution in [0.1, 0.15) is 35.7 Å². The molecule has 6 heteroatoms. The third-order valence-corrected chi connectivity index (χ3v) is 3.93. The van der Waals surface area contributed by atoms with Gasteiger partial charge in [0.05, 0.1) is 7.05 Å². The van der Waals surface area contributed by atoms with Crippen LogP contribution in [0.25, 0.3) is 0 Å². The number of nitrogens with one attached hydrogen (secondary N) is 1. The van der Waals surface area contributed by atoms with Crippen molar-refractivity contribution in [3.8, 4) is 0 Å². The molecule has 2 rings (SSSR count). The van der Waals surface area contributed by atoms with Gasteiger partial charge < -0.3 is 5.32 Å². The number of thiophene rings is 1. The minimum atomic E-state index is 0.286. The average Bonchev–Trinajstić information content (AvgIpc) is 2.93. The molecule has 2 aromatic rings. The quantitative estimate of drug-likeness (QED) is 0.866. The number of tetrazole rings is 1. The maximum absolute atomic E-state index is 4.26. The average molecular weight is 265 g/mol. The summed E-state index contributed by atoms with van der Waals surface area (Å²) in [6.07, 6.45) is 1.91. The molecule has 0 aliphatic heterocycles. The van der Waals surface area contributed by atoms with Gasteiger partial charge in [0.1, 0.15) is 0 Å². The molecule has 0 amide bonds. The van der Waals surface area contributed by atoms with E-state index in [2.05, 4.69) is 46.0 Å². The molecule has 98 valence electrons. The van der Waals surface area contributed by atoms with Gasteiger partial charge in [0.2, 0.25) is 0 Å². The van der Waals surface area contributed by atoms with Crippen molar-refractivity contribution in [2.45, 2.75) is 32.7 Å². The SMILES string of the molecule is CCCNC(Cc1nnn(C)n1)c1sccc1C. The van der Waals surface area contributed by atoms with E-state index in [9.17, 15) is 0 Å². The minimum Gasteiger partial charge on any atom is -0.309 e. The lowest BCUT2D eigenvalue weighted by Gasteiger charge is -2.16. The number of nitrogens with zero attached hydrogens (tertiary/aromatic N) is 4. The van der Waals surface area contributed by atoms with Crippen LogP contribution in [-0.2, 0) is 13.5 Å². The monoisotopic (exact) mass is 265 g/mol. The highest BCUT2D eigenvalue weighted by atomic mass is 32.1. The molecule has 1 N–H and O–H groups in total. The van der Waals surface area contributed by atoms with Gasteiger partial charge in [0.25, 0.3) is 0 Å². The molecule has 0 spiro atoms. The van der Waals surface area contributed by atoms with Gasteiger partial charge in [0.15, 0.2) is 5.82 Å². The molecular formula is C12H19N5S. The topological polar surface area (TPSA) is 55.6 Å². The van der Waals surface area contributed by atoms with Gasteiger partial charge in [-0.2, -0.15) is 4.80 Å². The molecule has 0 fully saturated rings. The molecule has 0 saturated carbocycles. The van der Waals surface area contributed by atoms with Crippen molar-refractivity contribution < 1.29 is 0 Å². The van der Waals surface area contributed by atoms with E-state index in [1.807, 2.05) is 0 Å². The van der Waals surface area contributed by atoms with Gasteiger partial charge >= 0.3 is 0 Å². The number of hydrogen-bond acceptors (Lipinski definition) is 5. The van der Waals surface area contributed by atoms with E-state index in [0.717, 1.165) is 25.2 Å². The van der Waals surface area contributed by atoms with Crippen LogP contribution in [-0.4, -0.2) is 26.8 Å². The van der Waals surface area contributed by atoms with Crippen LogP contribution < -0.4 is 5.32 Å². The minimum absolute atomic E-state index is 0.286. The largest absolute Gasteiger partial charge is 0.309 e. The van der Waals surface area contributed by atoms with Gasteiger partial charge in [-0.3, -0.25) is 0 Å². The Hall–Kier alpha value is -1.27. The van der Waals surface area contributed by atoms with Crippen molar-refractivity contribution in [2.24, 2.45) is 7.05 Å². The Balaban J connectivity index is 2.12. The fourth-order valence-electron chi connectivity index (χ4n) is 1.91. The second-order valence-corrected chi connectivity index (χ2v) is 5.32. The van der Waals surface area contributed by atoms with E-state index in [0.29, 0.717) is 0 Å². The van der Waals surface area contributed by atoms with Gasteiger partial charge in [0, 0.05) is 17.3 Å². The molecule has 5 nitrogen and oxygen atoms in total. The maximum atomic E-state index is 4.26. The number of hydrogen-bond donors (Lipinski definition) is 1. The zero-order valence-corrected chi connectivity index (χ0v) is 11.9. The molecule has 18 heavy (non-hydrogen) atoms. The van der Waals surface area contributed by atoms with Crippen molar-refractivity contribution in [1.29, 1.82) is 0 Å². The fourth-order valence-corrected chi connectivity index (χ4v) is 2.91. The van der Waals surface area contributed by atoms with E-state index < -0.39 is 0 Å². The Morgan fingerprint density at radius 3 is 2.89 bits per heavy atom. The van der Waals surface area contributed by atoms with Crippen LogP contribution in [0.15, 0.2) is 11.4 Å². The van der Waals surface area contributed by atoms with E-state index in [1.54, 1.807) is 18.4 Å². The summed E-state index contributed by atoms with van der Waals surface area (Å²) in [5, 5.41) is 17.9. The Kier molecular flexibility index (Phi) is 4.43. The molecule has 0 aliphatic rings. The number of rotatable bonds is 6. The predicted octanol–water partition coefficient (Wildman–Crippen LogP) is 1.86. The maximum Gasteiger partial charge on any atom is 0.176 e. The van der Waals surface area contributed by atoms with E-state index in [1.165, 1.54) is 15.2 Å². The first-order chi connectivity index (χ1) is 8.70. The van der Waals surface area contributed by atoms with Crippen LogP contribution >= 0.6 is 11.3 Å². The Morgan fingerprint density at radius 1 is 1.50 bits per heavy atom.